The molecule has 0 saturated heterocycles. The van der Waals surface area contributed by atoms with E-state index < -0.39 is 0 Å². The summed E-state index contributed by atoms with van der Waals surface area (Å²) in [5.41, 5.74) is 1.62. The average molecular weight is 198 g/mol. The Bertz CT molecular complexity index is 396. The van der Waals surface area contributed by atoms with E-state index >= 15 is 0 Å². The Balaban J connectivity index is 2.72. The molecule has 0 aliphatic heterocycles. The zero-order valence-electron chi connectivity index (χ0n) is 8.83. The lowest BCUT2D eigenvalue weighted by Gasteiger charge is -2.15. The van der Waals surface area contributed by atoms with E-state index in [0.717, 1.165) is 12.1 Å². The van der Waals surface area contributed by atoms with Crippen molar-refractivity contribution in [1.29, 1.82) is 5.26 Å². The van der Waals surface area contributed by atoms with Crippen molar-refractivity contribution in [3.8, 4) is 18.4 Å². The first-order valence-corrected chi connectivity index (χ1v) is 5.00. The second-order valence-corrected chi connectivity index (χ2v) is 3.35. The smallest absolute Gasteiger partial charge is 0.0992 e. The van der Waals surface area contributed by atoms with Crippen LogP contribution in [0.4, 0.5) is 5.69 Å². The van der Waals surface area contributed by atoms with E-state index in [9.17, 15) is 0 Å². The maximum atomic E-state index is 8.75. The summed E-state index contributed by atoms with van der Waals surface area (Å²) in [6.45, 7) is 2.09. The fraction of sp³-hybridized carbons (Fsp3) is 0.308. The van der Waals surface area contributed by atoms with Crippen LogP contribution in [0, 0.1) is 23.7 Å². The molecule has 0 bridgehead atoms. The van der Waals surface area contributed by atoms with E-state index in [-0.39, 0.29) is 6.04 Å². The van der Waals surface area contributed by atoms with Crippen molar-refractivity contribution < 1.29 is 0 Å². The molecular weight excluding hydrogens is 184 g/mol. The Kier molecular flexibility index (Phi) is 4.26. The highest BCUT2D eigenvalue weighted by Gasteiger charge is 2.04. The molecule has 0 heterocycles. The number of nitrogens with zero attached hydrogens (tertiary/aromatic N) is 1. The second kappa shape index (κ2) is 5.73. The standard InChI is InChI=1S/C13H14N2/c1-3-6-12(4-2)15-13-8-5-7-11(9-13)10-14/h1,5,7-9,12,15H,4,6H2,2H3. The first kappa shape index (κ1) is 11.1. The van der Waals surface area contributed by atoms with Crippen molar-refractivity contribution >= 4 is 5.69 Å². The quantitative estimate of drug-likeness (QED) is 0.755. The van der Waals surface area contributed by atoms with Crippen LogP contribution in [0.3, 0.4) is 0 Å². The minimum Gasteiger partial charge on any atom is -0.381 e. The maximum absolute atomic E-state index is 8.75. The molecule has 76 valence electrons. The Labute approximate surface area is 90.9 Å². The first-order valence-electron chi connectivity index (χ1n) is 5.00. The number of benzene rings is 1. The summed E-state index contributed by atoms with van der Waals surface area (Å²) in [5.74, 6) is 2.64. The van der Waals surface area contributed by atoms with Gasteiger partial charge in [0, 0.05) is 18.2 Å². The number of rotatable bonds is 4. The van der Waals surface area contributed by atoms with Crippen molar-refractivity contribution in [3.63, 3.8) is 0 Å². The topological polar surface area (TPSA) is 35.8 Å². The minimum atomic E-state index is 0.281. The molecule has 1 N–H and O–H groups in total. The van der Waals surface area contributed by atoms with Gasteiger partial charge in [-0.15, -0.1) is 12.3 Å². The molecule has 2 nitrogen and oxygen atoms in total. The van der Waals surface area contributed by atoms with Gasteiger partial charge in [-0.05, 0) is 24.6 Å². The fourth-order valence-corrected chi connectivity index (χ4v) is 1.35. The molecule has 0 aromatic heterocycles. The average Bonchev–Trinajstić information content (AvgIpc) is 2.29. The van der Waals surface area contributed by atoms with Crippen molar-refractivity contribution in [2.75, 3.05) is 5.32 Å². The summed E-state index contributed by atoms with van der Waals surface area (Å²) in [7, 11) is 0. The predicted octanol–water partition coefficient (Wildman–Crippen LogP) is 2.77. The SMILES string of the molecule is C#CCC(CC)Nc1cccc(C#N)c1. The monoisotopic (exact) mass is 198 g/mol. The van der Waals surface area contributed by atoms with E-state index in [4.69, 9.17) is 11.7 Å². The Morgan fingerprint density at radius 2 is 2.33 bits per heavy atom. The number of nitrogens with one attached hydrogen (secondary N) is 1. The van der Waals surface area contributed by atoms with Crippen LogP contribution in [0.25, 0.3) is 0 Å². The molecule has 0 spiro atoms. The highest BCUT2D eigenvalue weighted by molar-refractivity contribution is 5.49. The molecule has 1 aromatic carbocycles. The first-order chi connectivity index (χ1) is 7.30. The Morgan fingerprint density at radius 1 is 1.53 bits per heavy atom. The van der Waals surface area contributed by atoms with Gasteiger partial charge < -0.3 is 5.32 Å². The van der Waals surface area contributed by atoms with Crippen molar-refractivity contribution in [2.45, 2.75) is 25.8 Å². The summed E-state index contributed by atoms with van der Waals surface area (Å²) in [6, 6.07) is 9.82. The minimum absolute atomic E-state index is 0.281. The van der Waals surface area contributed by atoms with E-state index in [2.05, 4.69) is 24.2 Å². The van der Waals surface area contributed by atoms with Gasteiger partial charge in [0.15, 0.2) is 0 Å². The van der Waals surface area contributed by atoms with Crippen molar-refractivity contribution in [3.05, 3.63) is 29.8 Å². The van der Waals surface area contributed by atoms with Gasteiger partial charge in [-0.2, -0.15) is 5.26 Å². The van der Waals surface area contributed by atoms with Crippen LogP contribution in [-0.4, -0.2) is 6.04 Å². The third kappa shape index (κ3) is 3.37. The van der Waals surface area contributed by atoms with Crippen LogP contribution < -0.4 is 5.32 Å². The highest BCUT2D eigenvalue weighted by Crippen LogP contribution is 2.13. The number of nitriles is 1. The lowest BCUT2D eigenvalue weighted by atomic mass is 10.1. The molecule has 0 amide bonds. The van der Waals surface area contributed by atoms with E-state index in [1.54, 1.807) is 6.07 Å². The lowest BCUT2D eigenvalue weighted by Crippen LogP contribution is -2.17. The van der Waals surface area contributed by atoms with Crippen LogP contribution in [0.5, 0.6) is 0 Å². The van der Waals surface area contributed by atoms with Gasteiger partial charge in [0.2, 0.25) is 0 Å². The zero-order valence-corrected chi connectivity index (χ0v) is 8.83. The summed E-state index contributed by atoms with van der Waals surface area (Å²) >= 11 is 0. The molecule has 15 heavy (non-hydrogen) atoms. The number of hydrogen-bond acceptors (Lipinski definition) is 2. The number of anilines is 1. The predicted molar refractivity (Wildman–Crippen MR) is 62.3 cm³/mol. The zero-order chi connectivity index (χ0) is 11.1. The number of terminal acetylenes is 1. The summed E-state index contributed by atoms with van der Waals surface area (Å²) in [5, 5.41) is 12.1. The third-order valence-electron chi connectivity index (χ3n) is 2.22. The molecule has 1 atom stereocenters. The highest BCUT2D eigenvalue weighted by atomic mass is 14.9. The summed E-state index contributed by atoms with van der Waals surface area (Å²) < 4.78 is 0. The molecule has 2 heteroatoms. The van der Waals surface area contributed by atoms with Crippen LogP contribution in [0.1, 0.15) is 25.3 Å². The molecule has 0 aliphatic rings. The van der Waals surface area contributed by atoms with Crippen LogP contribution in [0.2, 0.25) is 0 Å². The van der Waals surface area contributed by atoms with E-state index in [1.165, 1.54) is 0 Å². The molecule has 1 aromatic rings. The van der Waals surface area contributed by atoms with Gasteiger partial charge in [0.25, 0.3) is 0 Å². The summed E-state index contributed by atoms with van der Waals surface area (Å²) in [6.07, 6.45) is 6.95. The molecule has 0 fully saturated rings. The van der Waals surface area contributed by atoms with Crippen LogP contribution >= 0.6 is 0 Å². The molecule has 0 saturated carbocycles. The van der Waals surface area contributed by atoms with Gasteiger partial charge in [-0.1, -0.05) is 13.0 Å². The van der Waals surface area contributed by atoms with E-state index in [0.29, 0.717) is 12.0 Å². The van der Waals surface area contributed by atoms with Gasteiger partial charge >= 0.3 is 0 Å². The number of hydrogen-bond donors (Lipinski definition) is 1. The van der Waals surface area contributed by atoms with Crippen molar-refractivity contribution in [2.24, 2.45) is 0 Å². The molecule has 1 rings (SSSR count). The van der Waals surface area contributed by atoms with Crippen molar-refractivity contribution in [1.82, 2.24) is 0 Å². The molecular formula is C13H14N2. The molecule has 1 unspecified atom stereocenters. The Morgan fingerprint density at radius 3 is 2.93 bits per heavy atom. The molecule has 0 radical (unpaired) electrons. The third-order valence-corrected chi connectivity index (χ3v) is 2.22. The van der Waals surface area contributed by atoms with E-state index in [1.807, 2.05) is 18.2 Å². The lowest BCUT2D eigenvalue weighted by molar-refractivity contribution is 0.715. The van der Waals surface area contributed by atoms with Crippen LogP contribution in [-0.2, 0) is 0 Å². The largest absolute Gasteiger partial charge is 0.381 e. The summed E-state index contributed by atoms with van der Waals surface area (Å²) in [4.78, 5) is 0. The van der Waals surface area contributed by atoms with Gasteiger partial charge in [0.1, 0.15) is 0 Å². The van der Waals surface area contributed by atoms with Gasteiger partial charge in [0.05, 0.1) is 11.6 Å². The maximum Gasteiger partial charge on any atom is 0.0992 e. The normalized spacial score (nSPS) is 11.1. The molecule has 0 aliphatic carbocycles. The fourth-order valence-electron chi connectivity index (χ4n) is 1.35. The second-order valence-electron chi connectivity index (χ2n) is 3.35. The Hall–Kier alpha value is -1.93. The van der Waals surface area contributed by atoms with Gasteiger partial charge in [-0.25, -0.2) is 0 Å². The van der Waals surface area contributed by atoms with Gasteiger partial charge in [-0.3, -0.25) is 0 Å². The van der Waals surface area contributed by atoms with Crippen LogP contribution in [0.15, 0.2) is 24.3 Å².